The van der Waals surface area contributed by atoms with E-state index in [4.69, 9.17) is 5.73 Å². The van der Waals surface area contributed by atoms with Crippen LogP contribution in [0.5, 0.6) is 0 Å². The number of aryl methyl sites for hydroxylation is 1. The topological polar surface area (TPSA) is 84.2 Å². The molecule has 0 aromatic heterocycles. The summed E-state index contributed by atoms with van der Waals surface area (Å²) in [6, 6.07) is 10.3. The molecule has 2 unspecified atom stereocenters. The van der Waals surface area contributed by atoms with Gasteiger partial charge in [-0.15, -0.1) is 0 Å². The molecule has 0 saturated carbocycles. The van der Waals surface area contributed by atoms with E-state index in [2.05, 4.69) is 43.2 Å². The van der Waals surface area contributed by atoms with Gasteiger partial charge in [-0.2, -0.15) is 0 Å². The monoisotopic (exact) mass is 407 g/mol. The van der Waals surface area contributed by atoms with E-state index < -0.39 is 0 Å². The zero-order valence-corrected chi connectivity index (χ0v) is 20.0. The van der Waals surface area contributed by atoms with Crippen LogP contribution in [0.3, 0.4) is 0 Å². The van der Waals surface area contributed by atoms with E-state index in [1.165, 1.54) is 12.5 Å². The van der Waals surface area contributed by atoms with E-state index in [9.17, 15) is 9.59 Å². The van der Waals surface area contributed by atoms with Crippen molar-refractivity contribution in [3.63, 3.8) is 0 Å². The molecule has 0 saturated heterocycles. The summed E-state index contributed by atoms with van der Waals surface area (Å²) < 4.78 is 0. The number of hydrogen-bond donors (Lipinski definition) is 3. The van der Waals surface area contributed by atoms with Crippen molar-refractivity contribution in [1.82, 2.24) is 10.6 Å². The molecule has 4 N–H and O–H groups in total. The maximum atomic E-state index is 11.5. The van der Waals surface area contributed by atoms with Gasteiger partial charge in [-0.3, -0.25) is 9.59 Å². The van der Waals surface area contributed by atoms with Crippen molar-refractivity contribution in [2.75, 3.05) is 13.7 Å². The highest BCUT2D eigenvalue weighted by molar-refractivity contribution is 5.85. The fourth-order valence-corrected chi connectivity index (χ4v) is 2.43. The number of Topliss-reactive ketones (excluding diaryl/α,β-unsaturated/α-hetero) is 1. The van der Waals surface area contributed by atoms with Crippen molar-refractivity contribution >= 4 is 11.7 Å². The Kier molecular flexibility index (Phi) is 24.1. The third-order valence-electron chi connectivity index (χ3n) is 3.88. The van der Waals surface area contributed by atoms with E-state index in [1.54, 1.807) is 0 Å². The number of benzene rings is 1. The molecule has 29 heavy (non-hydrogen) atoms. The molecule has 1 amide bonds. The van der Waals surface area contributed by atoms with Crippen molar-refractivity contribution in [2.24, 2.45) is 17.6 Å². The smallest absolute Gasteiger partial charge is 0.221 e. The molecule has 1 aromatic rings. The third-order valence-corrected chi connectivity index (χ3v) is 3.88. The Balaban J connectivity index is -0.000000504. The van der Waals surface area contributed by atoms with Gasteiger partial charge in [-0.1, -0.05) is 77.1 Å². The Morgan fingerprint density at radius 2 is 1.59 bits per heavy atom. The van der Waals surface area contributed by atoms with Crippen LogP contribution in [0.25, 0.3) is 0 Å². The number of ketones is 1. The SMILES string of the molecule is C=C(CC(C)CC(CC(=O)NCN)C(C)=O)NC.CC.CC.Cc1ccccc1. The number of nitrogens with one attached hydrogen (secondary N) is 2. The summed E-state index contributed by atoms with van der Waals surface area (Å²) in [5.41, 5.74) is 7.49. The lowest BCUT2D eigenvalue weighted by atomic mass is 9.88. The molecule has 0 heterocycles. The molecule has 5 heteroatoms. The van der Waals surface area contributed by atoms with Crippen molar-refractivity contribution in [2.45, 2.75) is 67.7 Å². The minimum absolute atomic E-state index is 0.0455. The minimum atomic E-state index is -0.240. The van der Waals surface area contributed by atoms with Gasteiger partial charge >= 0.3 is 0 Å². The van der Waals surface area contributed by atoms with Gasteiger partial charge in [0, 0.05) is 25.1 Å². The number of rotatable bonds is 9. The third kappa shape index (κ3) is 20.4. The van der Waals surface area contributed by atoms with Crippen LogP contribution in [-0.4, -0.2) is 25.4 Å². The average Bonchev–Trinajstić information content (AvgIpc) is 2.71. The van der Waals surface area contributed by atoms with E-state index >= 15 is 0 Å². The summed E-state index contributed by atoms with van der Waals surface area (Å²) in [4.78, 5) is 23.0. The lowest BCUT2D eigenvalue weighted by Crippen LogP contribution is -2.32. The standard InChI is InChI=1S/C13H25N3O2.C7H8.2C2H6/c1-9(5-10(2)15-4)6-12(11(3)17)7-13(18)16-8-14;1-7-5-3-2-4-6-7;2*1-2/h9,12,15H,2,5-8,14H2,1,3-4H3,(H,16,18);2-6H,1H3;2*1-2H3. The summed E-state index contributed by atoms with van der Waals surface area (Å²) in [7, 11) is 1.83. The van der Waals surface area contributed by atoms with Gasteiger partial charge in [-0.25, -0.2) is 0 Å². The van der Waals surface area contributed by atoms with Gasteiger partial charge in [0.1, 0.15) is 5.78 Å². The number of allylic oxidation sites excluding steroid dienone is 1. The normalized spacial score (nSPS) is 10.9. The van der Waals surface area contributed by atoms with Gasteiger partial charge in [0.2, 0.25) is 5.91 Å². The Morgan fingerprint density at radius 1 is 1.07 bits per heavy atom. The zero-order chi connectivity index (χ0) is 23.2. The van der Waals surface area contributed by atoms with Crippen LogP contribution in [0.1, 0.15) is 66.4 Å². The van der Waals surface area contributed by atoms with Crippen molar-refractivity contribution in [3.8, 4) is 0 Å². The summed E-state index contributed by atoms with van der Waals surface area (Å²) >= 11 is 0. The first-order valence-electron chi connectivity index (χ1n) is 10.6. The van der Waals surface area contributed by atoms with Crippen molar-refractivity contribution in [3.05, 3.63) is 48.2 Å². The predicted molar refractivity (Wildman–Crippen MR) is 126 cm³/mol. The molecule has 2 atom stereocenters. The van der Waals surface area contributed by atoms with Gasteiger partial charge in [-0.05, 0) is 32.6 Å². The Morgan fingerprint density at radius 3 is 1.93 bits per heavy atom. The maximum Gasteiger partial charge on any atom is 0.221 e. The number of carbonyl (C=O) groups is 2. The molecular weight excluding hydrogens is 362 g/mol. The second-order valence-corrected chi connectivity index (χ2v) is 6.37. The van der Waals surface area contributed by atoms with Crippen molar-refractivity contribution < 1.29 is 9.59 Å². The molecule has 0 aliphatic carbocycles. The van der Waals surface area contributed by atoms with E-state index in [-0.39, 0.29) is 30.7 Å². The van der Waals surface area contributed by atoms with Crippen molar-refractivity contribution in [1.29, 1.82) is 0 Å². The van der Waals surface area contributed by atoms with Gasteiger partial charge in [0.15, 0.2) is 0 Å². The van der Waals surface area contributed by atoms with Crippen LogP contribution in [-0.2, 0) is 9.59 Å². The Labute approximate surface area is 179 Å². The molecular formula is C24H45N3O2. The van der Waals surface area contributed by atoms with E-state index in [1.807, 2.05) is 52.9 Å². The second kappa shape index (κ2) is 22.2. The minimum Gasteiger partial charge on any atom is -0.392 e. The average molecular weight is 408 g/mol. The lowest BCUT2D eigenvalue weighted by molar-refractivity contribution is -0.128. The van der Waals surface area contributed by atoms with Crippen LogP contribution < -0.4 is 16.4 Å². The van der Waals surface area contributed by atoms with Crippen LogP contribution in [0.2, 0.25) is 0 Å². The molecule has 0 aliphatic heterocycles. The number of carbonyl (C=O) groups excluding carboxylic acids is 2. The van der Waals surface area contributed by atoms with Crippen LogP contribution >= 0.6 is 0 Å². The molecule has 1 rings (SSSR count). The van der Waals surface area contributed by atoms with E-state index in [0.717, 1.165) is 12.1 Å². The first-order chi connectivity index (χ1) is 13.8. The summed E-state index contributed by atoms with van der Waals surface area (Å²) in [6.07, 6.45) is 1.70. The second-order valence-electron chi connectivity index (χ2n) is 6.37. The van der Waals surface area contributed by atoms with Crippen LogP contribution in [0.15, 0.2) is 42.6 Å². The fraction of sp³-hybridized carbons (Fsp3) is 0.583. The largest absolute Gasteiger partial charge is 0.392 e. The Hall–Kier alpha value is -2.14. The zero-order valence-electron chi connectivity index (χ0n) is 20.0. The lowest BCUT2D eigenvalue weighted by Gasteiger charge is -2.19. The molecule has 0 fully saturated rings. The molecule has 0 radical (unpaired) electrons. The number of amides is 1. The summed E-state index contributed by atoms with van der Waals surface area (Å²) in [6.45, 7) is 17.6. The number of hydrogen-bond acceptors (Lipinski definition) is 4. The highest BCUT2D eigenvalue weighted by Gasteiger charge is 2.21. The first kappa shape index (κ1) is 31.6. The molecule has 168 valence electrons. The molecule has 0 aliphatic rings. The fourth-order valence-electron chi connectivity index (χ4n) is 2.43. The number of nitrogens with two attached hydrogens (primary N) is 1. The van der Waals surface area contributed by atoms with E-state index in [0.29, 0.717) is 12.3 Å². The maximum absolute atomic E-state index is 11.5. The highest BCUT2D eigenvalue weighted by Crippen LogP contribution is 2.21. The quantitative estimate of drug-likeness (QED) is 0.513. The molecule has 5 nitrogen and oxygen atoms in total. The molecule has 0 bridgehead atoms. The van der Waals surface area contributed by atoms with Gasteiger partial charge < -0.3 is 16.4 Å². The Bertz CT molecular complexity index is 530. The highest BCUT2D eigenvalue weighted by atomic mass is 16.2. The van der Waals surface area contributed by atoms with Crippen LogP contribution in [0, 0.1) is 18.8 Å². The van der Waals surface area contributed by atoms with Gasteiger partial charge in [0.05, 0.1) is 6.67 Å². The molecule has 0 spiro atoms. The predicted octanol–water partition coefficient (Wildman–Crippen LogP) is 4.81. The summed E-state index contributed by atoms with van der Waals surface area (Å²) in [5.74, 6) is -0.0535. The molecule has 1 aromatic carbocycles. The summed E-state index contributed by atoms with van der Waals surface area (Å²) in [5, 5.41) is 5.50. The first-order valence-corrected chi connectivity index (χ1v) is 10.6. The van der Waals surface area contributed by atoms with Crippen LogP contribution in [0.4, 0.5) is 0 Å². The van der Waals surface area contributed by atoms with Gasteiger partial charge in [0.25, 0.3) is 0 Å².